The van der Waals surface area contributed by atoms with Gasteiger partial charge in [0.05, 0.1) is 18.5 Å². The third kappa shape index (κ3) is 4.07. The van der Waals surface area contributed by atoms with Gasteiger partial charge in [0, 0.05) is 13.3 Å². The van der Waals surface area contributed by atoms with E-state index in [0.717, 1.165) is 5.56 Å². The summed E-state index contributed by atoms with van der Waals surface area (Å²) in [5.74, 6) is -0.910. The van der Waals surface area contributed by atoms with Gasteiger partial charge in [-0.1, -0.05) is 37.3 Å². The highest BCUT2D eigenvalue weighted by Crippen LogP contribution is 2.45. The van der Waals surface area contributed by atoms with E-state index in [0.29, 0.717) is 17.7 Å². The van der Waals surface area contributed by atoms with E-state index in [1.165, 1.54) is 11.8 Å². The van der Waals surface area contributed by atoms with Gasteiger partial charge in [0.1, 0.15) is 12.4 Å². The minimum atomic E-state index is -1.47. The molecule has 1 aromatic carbocycles. The van der Waals surface area contributed by atoms with Crippen molar-refractivity contribution in [1.82, 2.24) is 10.2 Å². The fourth-order valence-corrected chi connectivity index (χ4v) is 4.92. The number of fused-ring (bicyclic) bond motifs is 1. The van der Waals surface area contributed by atoms with Crippen molar-refractivity contribution in [3.63, 3.8) is 0 Å². The van der Waals surface area contributed by atoms with Crippen LogP contribution in [0.2, 0.25) is 0 Å². The normalized spacial score (nSPS) is 21.8. The van der Waals surface area contributed by atoms with Crippen molar-refractivity contribution >= 4 is 29.0 Å². The van der Waals surface area contributed by atoms with Crippen LogP contribution in [0, 0.1) is 5.92 Å². The van der Waals surface area contributed by atoms with Crippen LogP contribution in [0.3, 0.4) is 0 Å². The lowest BCUT2D eigenvalue weighted by Gasteiger charge is -2.42. The van der Waals surface area contributed by atoms with E-state index in [4.69, 9.17) is 4.74 Å². The Morgan fingerprint density at radius 1 is 1.32 bits per heavy atom. The number of carbonyl (C=O) groups excluding carboxylic acids is 3. The number of carbonyl (C=O) groups is 3. The minimum absolute atomic E-state index is 0.0822. The zero-order valence-corrected chi connectivity index (χ0v) is 16.8. The molecule has 1 aromatic rings. The molecular formula is C20H24N2O5S. The highest BCUT2D eigenvalue weighted by molar-refractivity contribution is 7.95. The molecule has 0 spiro atoms. The van der Waals surface area contributed by atoms with Crippen LogP contribution in [0.15, 0.2) is 40.9 Å². The largest absolute Gasteiger partial charge is 0.612 e. The van der Waals surface area contributed by atoms with Gasteiger partial charge in [-0.25, -0.2) is 4.79 Å². The average Bonchev–Trinajstić information content (AvgIpc) is 3.03. The number of β-lactam (4-membered cyclic amide) rings is 1. The van der Waals surface area contributed by atoms with Gasteiger partial charge in [-0.15, -0.1) is 0 Å². The summed E-state index contributed by atoms with van der Waals surface area (Å²) >= 11 is -1.47. The maximum Gasteiger partial charge on any atom is 0.360 e. The zero-order valence-electron chi connectivity index (χ0n) is 16.0. The highest BCUT2D eigenvalue weighted by atomic mass is 32.2. The SMILES string of the molecule is CCC1C(=O)N2C(C(=O)OCc3ccccc3)=C([S+]([O-])CCNC(C)=O)CC12. The maximum atomic E-state index is 12.8. The van der Waals surface area contributed by atoms with Crippen molar-refractivity contribution in [2.75, 3.05) is 12.3 Å². The van der Waals surface area contributed by atoms with E-state index in [2.05, 4.69) is 5.32 Å². The summed E-state index contributed by atoms with van der Waals surface area (Å²) in [5, 5.41) is 2.61. The van der Waals surface area contributed by atoms with Crippen LogP contribution in [0.5, 0.6) is 0 Å². The Morgan fingerprint density at radius 3 is 2.68 bits per heavy atom. The lowest BCUT2D eigenvalue weighted by Crippen LogP contribution is -2.58. The predicted octanol–water partition coefficient (Wildman–Crippen LogP) is 1.47. The van der Waals surface area contributed by atoms with Crippen LogP contribution in [0.1, 0.15) is 32.3 Å². The number of rotatable bonds is 8. The van der Waals surface area contributed by atoms with E-state index in [1.807, 2.05) is 37.3 Å². The van der Waals surface area contributed by atoms with Gasteiger partial charge < -0.3 is 14.6 Å². The maximum absolute atomic E-state index is 12.8. The molecule has 0 bridgehead atoms. The van der Waals surface area contributed by atoms with E-state index in [-0.39, 0.29) is 48.4 Å². The van der Waals surface area contributed by atoms with Crippen molar-refractivity contribution in [1.29, 1.82) is 0 Å². The molecule has 0 radical (unpaired) electrons. The predicted molar refractivity (Wildman–Crippen MR) is 104 cm³/mol. The summed E-state index contributed by atoms with van der Waals surface area (Å²) in [6.45, 7) is 3.64. The number of esters is 1. The minimum Gasteiger partial charge on any atom is -0.612 e. The standard InChI is InChI=1S/C20H24N2O5S/c1-3-15-16-11-17(28(26)10-9-21-13(2)23)18(22(16)19(15)24)20(25)27-12-14-7-5-4-6-8-14/h4-8,15-16H,3,9-12H2,1-2H3,(H,21,23). The number of nitrogens with zero attached hydrogens (tertiary/aromatic N) is 1. The molecule has 7 nitrogen and oxygen atoms in total. The molecule has 0 saturated carbocycles. The lowest BCUT2D eigenvalue weighted by molar-refractivity contribution is -0.157. The van der Waals surface area contributed by atoms with Gasteiger partial charge in [-0.05, 0) is 23.2 Å². The number of hydrogen-bond acceptors (Lipinski definition) is 5. The third-order valence-corrected chi connectivity index (χ3v) is 6.52. The van der Waals surface area contributed by atoms with Crippen molar-refractivity contribution in [2.45, 2.75) is 39.3 Å². The van der Waals surface area contributed by atoms with Crippen LogP contribution in [-0.2, 0) is 36.9 Å². The van der Waals surface area contributed by atoms with Crippen molar-refractivity contribution in [3.05, 3.63) is 46.5 Å². The van der Waals surface area contributed by atoms with Gasteiger partial charge in [-0.2, -0.15) is 0 Å². The van der Waals surface area contributed by atoms with Gasteiger partial charge in [0.25, 0.3) is 0 Å². The van der Waals surface area contributed by atoms with Gasteiger partial charge in [-0.3, -0.25) is 14.5 Å². The highest BCUT2D eigenvalue weighted by Gasteiger charge is 2.57. The van der Waals surface area contributed by atoms with Crippen LogP contribution in [-0.4, -0.2) is 45.6 Å². The molecule has 1 fully saturated rings. The summed E-state index contributed by atoms with van der Waals surface area (Å²) in [4.78, 5) is 38.2. The third-order valence-electron chi connectivity index (χ3n) is 5.03. The first-order valence-corrected chi connectivity index (χ1v) is 10.7. The Bertz CT molecular complexity index is 795. The Hall–Kier alpha value is -2.32. The molecule has 2 heterocycles. The van der Waals surface area contributed by atoms with Crippen molar-refractivity contribution in [3.8, 4) is 0 Å². The molecule has 1 saturated heterocycles. The van der Waals surface area contributed by atoms with E-state index >= 15 is 0 Å². The zero-order chi connectivity index (χ0) is 20.3. The van der Waals surface area contributed by atoms with E-state index < -0.39 is 17.1 Å². The fourth-order valence-electron chi connectivity index (χ4n) is 3.63. The topological polar surface area (TPSA) is 98.8 Å². The monoisotopic (exact) mass is 404 g/mol. The smallest absolute Gasteiger partial charge is 0.360 e. The second-order valence-electron chi connectivity index (χ2n) is 6.86. The molecule has 2 aliphatic heterocycles. The Kier molecular flexibility index (Phi) is 6.41. The molecule has 2 amide bonds. The van der Waals surface area contributed by atoms with Gasteiger partial charge in [0.2, 0.25) is 11.8 Å². The second-order valence-corrected chi connectivity index (χ2v) is 8.45. The summed E-state index contributed by atoms with van der Waals surface area (Å²) < 4.78 is 18.2. The number of ether oxygens (including phenoxy) is 1. The summed E-state index contributed by atoms with van der Waals surface area (Å²) in [6, 6.07) is 9.12. The quantitative estimate of drug-likeness (QED) is 0.402. The van der Waals surface area contributed by atoms with E-state index in [1.54, 1.807) is 0 Å². The van der Waals surface area contributed by atoms with Crippen molar-refractivity contribution in [2.24, 2.45) is 5.92 Å². The molecule has 1 N–H and O–H groups in total. The second kappa shape index (κ2) is 8.79. The Labute approximate surface area is 167 Å². The lowest BCUT2D eigenvalue weighted by atomic mass is 9.85. The summed E-state index contributed by atoms with van der Waals surface area (Å²) in [7, 11) is 0. The van der Waals surface area contributed by atoms with Crippen LogP contribution in [0.25, 0.3) is 0 Å². The van der Waals surface area contributed by atoms with Gasteiger partial charge >= 0.3 is 5.97 Å². The molecular weight excluding hydrogens is 380 g/mol. The van der Waals surface area contributed by atoms with E-state index in [9.17, 15) is 18.9 Å². The molecule has 28 heavy (non-hydrogen) atoms. The fraction of sp³-hybridized carbons (Fsp3) is 0.450. The average molecular weight is 404 g/mol. The molecule has 0 aromatic heterocycles. The Morgan fingerprint density at radius 2 is 2.04 bits per heavy atom. The molecule has 3 unspecified atom stereocenters. The number of hydrogen-bond donors (Lipinski definition) is 1. The van der Waals surface area contributed by atoms with Crippen LogP contribution in [0.4, 0.5) is 0 Å². The molecule has 2 aliphatic rings. The molecule has 150 valence electrons. The number of benzene rings is 1. The summed E-state index contributed by atoms with van der Waals surface area (Å²) in [5.41, 5.74) is 0.956. The van der Waals surface area contributed by atoms with Crippen LogP contribution < -0.4 is 5.32 Å². The summed E-state index contributed by atoms with van der Waals surface area (Å²) in [6.07, 6.45) is 1.09. The van der Waals surface area contributed by atoms with Gasteiger partial charge in [0.15, 0.2) is 10.6 Å². The first-order chi connectivity index (χ1) is 13.4. The molecule has 3 atom stereocenters. The number of nitrogens with one attached hydrogen (secondary N) is 1. The molecule has 3 rings (SSSR count). The Balaban J connectivity index is 1.75. The molecule has 0 aliphatic carbocycles. The first-order valence-electron chi connectivity index (χ1n) is 9.34. The van der Waals surface area contributed by atoms with Crippen molar-refractivity contribution < 1.29 is 23.7 Å². The first kappa shape index (κ1) is 20.4. The van der Waals surface area contributed by atoms with Crippen LogP contribution >= 0.6 is 0 Å². The number of amides is 2. The molecule has 8 heteroatoms.